The molecule has 28 heavy (non-hydrogen) atoms. The number of anilines is 1. The van der Waals surface area contributed by atoms with Crippen LogP contribution in [0.5, 0.6) is 0 Å². The predicted molar refractivity (Wildman–Crippen MR) is 111 cm³/mol. The minimum atomic E-state index is -0.223. The smallest absolute Gasteiger partial charge is 0.255 e. The summed E-state index contributed by atoms with van der Waals surface area (Å²) in [6.07, 6.45) is 0. The van der Waals surface area contributed by atoms with Crippen LogP contribution in [0.3, 0.4) is 0 Å². The topological polar surface area (TPSA) is 94.1 Å². The van der Waals surface area contributed by atoms with Crippen LogP contribution < -0.4 is 5.32 Å². The van der Waals surface area contributed by atoms with E-state index in [-0.39, 0.29) is 11.7 Å². The highest BCUT2D eigenvalue weighted by Gasteiger charge is 2.12. The summed E-state index contributed by atoms with van der Waals surface area (Å²) in [5, 5.41) is 15.9. The molecule has 138 valence electrons. The van der Waals surface area contributed by atoms with Crippen molar-refractivity contribution < 1.29 is 4.79 Å². The number of nitrogens with one attached hydrogen (secondary N) is 3. The molecule has 0 unspecified atom stereocenters. The van der Waals surface area contributed by atoms with Crippen LogP contribution in [0.1, 0.15) is 22.8 Å². The number of para-hydroxylation sites is 1. The Hall–Kier alpha value is -3.80. The van der Waals surface area contributed by atoms with Crippen LogP contribution in [-0.2, 0) is 6.54 Å². The van der Waals surface area contributed by atoms with Crippen molar-refractivity contribution in [1.82, 2.24) is 4.57 Å². The van der Waals surface area contributed by atoms with Gasteiger partial charge in [0, 0.05) is 39.6 Å². The molecule has 3 N–H and O–H groups in total. The molecule has 0 fully saturated rings. The Morgan fingerprint density at radius 3 is 2.36 bits per heavy atom. The molecule has 6 nitrogen and oxygen atoms in total. The number of benzene rings is 3. The van der Waals surface area contributed by atoms with Gasteiger partial charge >= 0.3 is 0 Å². The van der Waals surface area contributed by atoms with Gasteiger partial charge in [-0.1, -0.05) is 36.4 Å². The van der Waals surface area contributed by atoms with Crippen molar-refractivity contribution >= 4 is 39.2 Å². The van der Waals surface area contributed by atoms with Gasteiger partial charge in [-0.05, 0) is 37.3 Å². The maximum Gasteiger partial charge on any atom is 0.255 e. The third kappa shape index (κ3) is 2.95. The number of nitrogens with zero attached hydrogens (tertiary/aromatic N) is 2. The zero-order valence-corrected chi connectivity index (χ0v) is 15.4. The second-order valence-electron chi connectivity index (χ2n) is 6.49. The molecule has 1 heterocycles. The highest BCUT2D eigenvalue weighted by molar-refractivity contribution is 6.10. The summed E-state index contributed by atoms with van der Waals surface area (Å²) in [6.45, 7) is 2.95. The van der Waals surface area contributed by atoms with Gasteiger partial charge < -0.3 is 9.88 Å². The second-order valence-corrected chi connectivity index (χ2v) is 6.49. The average molecular weight is 369 g/mol. The minimum Gasteiger partial charge on any atom is -0.341 e. The number of carbonyl (C=O) groups is 1. The molecule has 0 aliphatic rings. The largest absolute Gasteiger partial charge is 0.341 e. The molecule has 1 aromatic heterocycles. The number of carbonyl (C=O) groups excluding carboxylic acids is 1. The SMILES string of the molecule is CCn1c2ccccc2c2ccc(NC(=O)c3ccc(C(=N)N=N)cc3)cc21. The van der Waals surface area contributed by atoms with Gasteiger partial charge in [0.1, 0.15) is 0 Å². The molecule has 3 aromatic carbocycles. The van der Waals surface area contributed by atoms with E-state index in [9.17, 15) is 4.79 Å². The molecule has 0 saturated heterocycles. The van der Waals surface area contributed by atoms with Crippen LogP contribution in [0, 0.1) is 10.9 Å². The van der Waals surface area contributed by atoms with Gasteiger partial charge in [-0.2, -0.15) is 0 Å². The van der Waals surface area contributed by atoms with Gasteiger partial charge in [-0.3, -0.25) is 10.2 Å². The van der Waals surface area contributed by atoms with E-state index in [1.54, 1.807) is 24.3 Å². The summed E-state index contributed by atoms with van der Waals surface area (Å²) in [6, 6.07) is 20.7. The molecule has 0 spiro atoms. The Bertz CT molecular complexity index is 1220. The first-order chi connectivity index (χ1) is 13.6. The number of amides is 1. The van der Waals surface area contributed by atoms with Crippen LogP contribution in [-0.4, -0.2) is 16.3 Å². The summed E-state index contributed by atoms with van der Waals surface area (Å²) in [5.41, 5.74) is 10.9. The molecular formula is C22H19N5O. The number of aromatic nitrogens is 1. The Morgan fingerprint density at radius 1 is 0.964 bits per heavy atom. The monoisotopic (exact) mass is 369 g/mol. The number of rotatable bonds is 4. The minimum absolute atomic E-state index is 0.134. The fraction of sp³-hybridized carbons (Fsp3) is 0.0909. The van der Waals surface area contributed by atoms with E-state index in [0.717, 1.165) is 23.1 Å². The van der Waals surface area contributed by atoms with Gasteiger partial charge in [0.15, 0.2) is 5.84 Å². The quantitative estimate of drug-likeness (QED) is 0.250. The van der Waals surface area contributed by atoms with E-state index in [4.69, 9.17) is 10.9 Å². The Labute approximate surface area is 161 Å². The number of hydrogen-bond donors (Lipinski definition) is 3. The van der Waals surface area contributed by atoms with Crippen LogP contribution in [0.15, 0.2) is 71.8 Å². The lowest BCUT2D eigenvalue weighted by Crippen LogP contribution is -2.12. The first kappa shape index (κ1) is 17.6. The molecule has 0 aliphatic heterocycles. The maximum absolute atomic E-state index is 12.6. The number of amidine groups is 1. The van der Waals surface area contributed by atoms with Gasteiger partial charge in [-0.25, -0.2) is 5.53 Å². The molecule has 0 aliphatic carbocycles. The number of aryl methyl sites for hydroxylation is 1. The van der Waals surface area contributed by atoms with Crippen molar-refractivity contribution in [3.8, 4) is 0 Å². The summed E-state index contributed by atoms with van der Waals surface area (Å²) in [7, 11) is 0. The standard InChI is InChI=1S/C22H19N5O/c1-2-27-19-6-4-3-5-17(19)18-12-11-16(13-20(18)27)25-22(28)15-9-7-14(8-10-15)21(23)26-24/h3-13,23-24H,2H2,1H3,(H,25,28). The Balaban J connectivity index is 1.66. The van der Waals surface area contributed by atoms with E-state index in [0.29, 0.717) is 11.1 Å². The van der Waals surface area contributed by atoms with Gasteiger partial charge in [0.2, 0.25) is 0 Å². The Kier molecular flexibility index (Phi) is 4.45. The van der Waals surface area contributed by atoms with E-state index >= 15 is 0 Å². The summed E-state index contributed by atoms with van der Waals surface area (Å²) >= 11 is 0. The molecular weight excluding hydrogens is 350 g/mol. The molecule has 0 atom stereocenters. The highest BCUT2D eigenvalue weighted by Crippen LogP contribution is 2.30. The first-order valence-corrected chi connectivity index (χ1v) is 9.01. The van der Waals surface area contributed by atoms with Gasteiger partial charge in [-0.15, -0.1) is 5.11 Å². The lowest BCUT2D eigenvalue weighted by molar-refractivity contribution is 0.102. The summed E-state index contributed by atoms with van der Waals surface area (Å²) in [4.78, 5) is 12.6. The van der Waals surface area contributed by atoms with Gasteiger partial charge in [0.05, 0.1) is 5.52 Å². The van der Waals surface area contributed by atoms with Crippen LogP contribution in [0.4, 0.5) is 5.69 Å². The molecule has 0 saturated carbocycles. The number of fused-ring (bicyclic) bond motifs is 3. The summed E-state index contributed by atoms with van der Waals surface area (Å²) < 4.78 is 2.24. The zero-order chi connectivity index (χ0) is 19.7. The van der Waals surface area contributed by atoms with Crippen molar-refractivity contribution in [2.45, 2.75) is 13.5 Å². The molecule has 0 radical (unpaired) electrons. The van der Waals surface area contributed by atoms with Crippen LogP contribution >= 0.6 is 0 Å². The van der Waals surface area contributed by atoms with Crippen molar-refractivity contribution in [2.75, 3.05) is 5.32 Å². The first-order valence-electron chi connectivity index (χ1n) is 9.01. The molecule has 4 aromatic rings. The summed E-state index contributed by atoms with van der Waals surface area (Å²) in [5.74, 6) is -0.357. The molecule has 0 bridgehead atoms. The van der Waals surface area contributed by atoms with Crippen molar-refractivity contribution in [3.63, 3.8) is 0 Å². The molecule has 1 amide bonds. The van der Waals surface area contributed by atoms with Crippen molar-refractivity contribution in [1.29, 1.82) is 10.9 Å². The second kappa shape index (κ2) is 7.08. The van der Waals surface area contributed by atoms with E-state index in [2.05, 4.69) is 34.1 Å². The van der Waals surface area contributed by atoms with E-state index in [1.807, 2.05) is 30.3 Å². The number of hydrogen-bond acceptors (Lipinski definition) is 3. The lowest BCUT2D eigenvalue weighted by Gasteiger charge is -2.08. The third-order valence-corrected chi connectivity index (χ3v) is 4.88. The van der Waals surface area contributed by atoms with Gasteiger partial charge in [0.25, 0.3) is 5.91 Å². The maximum atomic E-state index is 12.6. The average Bonchev–Trinajstić information content (AvgIpc) is 3.06. The lowest BCUT2D eigenvalue weighted by atomic mass is 10.1. The third-order valence-electron chi connectivity index (χ3n) is 4.88. The fourth-order valence-corrected chi connectivity index (χ4v) is 3.51. The predicted octanol–water partition coefficient (Wildman–Crippen LogP) is 5.42. The molecule has 6 heteroatoms. The Morgan fingerprint density at radius 2 is 1.64 bits per heavy atom. The van der Waals surface area contributed by atoms with Crippen LogP contribution in [0.25, 0.3) is 21.8 Å². The highest BCUT2D eigenvalue weighted by atomic mass is 16.1. The fourth-order valence-electron chi connectivity index (χ4n) is 3.51. The normalized spacial score (nSPS) is 10.9. The van der Waals surface area contributed by atoms with Crippen LogP contribution in [0.2, 0.25) is 0 Å². The van der Waals surface area contributed by atoms with Crippen molar-refractivity contribution in [2.24, 2.45) is 5.11 Å². The van der Waals surface area contributed by atoms with Crippen molar-refractivity contribution in [3.05, 3.63) is 77.9 Å². The zero-order valence-electron chi connectivity index (χ0n) is 15.4. The molecule has 4 rings (SSSR count). The van der Waals surface area contributed by atoms with E-state index in [1.165, 1.54) is 10.9 Å². The van der Waals surface area contributed by atoms with E-state index < -0.39 is 0 Å².